The highest BCUT2D eigenvalue weighted by Gasteiger charge is 2.22. The van der Waals surface area contributed by atoms with Gasteiger partial charge in [-0.2, -0.15) is 4.98 Å². The molecule has 0 spiro atoms. The van der Waals surface area contributed by atoms with Crippen molar-refractivity contribution in [1.29, 1.82) is 0 Å². The van der Waals surface area contributed by atoms with E-state index in [2.05, 4.69) is 28.7 Å². The van der Waals surface area contributed by atoms with Gasteiger partial charge in [-0.15, -0.1) is 0 Å². The van der Waals surface area contributed by atoms with Crippen LogP contribution in [0.15, 0.2) is 6.20 Å². The van der Waals surface area contributed by atoms with Crippen molar-refractivity contribution in [2.24, 2.45) is 0 Å². The normalized spacial score (nSPS) is 11.9. The van der Waals surface area contributed by atoms with E-state index in [-0.39, 0.29) is 10.8 Å². The zero-order valence-electron chi connectivity index (χ0n) is 9.99. The Labute approximate surface area is 101 Å². The molecule has 0 saturated carbocycles. The van der Waals surface area contributed by atoms with E-state index in [0.717, 1.165) is 0 Å². The molecule has 16 heavy (non-hydrogen) atoms. The lowest BCUT2D eigenvalue weighted by molar-refractivity contribution is 0.111. The van der Waals surface area contributed by atoms with Gasteiger partial charge in [-0.3, -0.25) is 0 Å². The molecule has 0 amide bonds. The average Bonchev–Trinajstić information content (AvgIpc) is 2.19. The fourth-order valence-electron chi connectivity index (χ4n) is 0.845. The summed E-state index contributed by atoms with van der Waals surface area (Å²) in [6.07, 6.45) is 1.44. The highest BCUT2D eigenvalue weighted by atomic mass is 35.5. The van der Waals surface area contributed by atoms with Crippen LogP contribution in [0.4, 0.5) is 5.69 Å². The Morgan fingerprint density at radius 3 is 2.69 bits per heavy atom. The summed E-state index contributed by atoms with van der Waals surface area (Å²) in [6, 6.07) is 0. The van der Waals surface area contributed by atoms with Crippen LogP contribution in [-0.2, 0) is 0 Å². The van der Waals surface area contributed by atoms with Gasteiger partial charge in [-0.25, -0.2) is 4.98 Å². The molecule has 1 heterocycles. The quantitative estimate of drug-likeness (QED) is 0.812. The molecular formula is C10H17ClN4O. The van der Waals surface area contributed by atoms with Gasteiger partial charge in [0.25, 0.3) is 0 Å². The summed E-state index contributed by atoms with van der Waals surface area (Å²) in [5.74, 6) is 0.329. The van der Waals surface area contributed by atoms with Gasteiger partial charge in [0.05, 0.1) is 6.20 Å². The van der Waals surface area contributed by atoms with Crippen molar-refractivity contribution in [2.45, 2.75) is 19.4 Å². The number of nitrogen functional groups attached to an aromatic ring is 1. The first-order chi connectivity index (χ1) is 7.33. The standard InChI is InChI=1S/C10H17ClN4O/c1-10(2,15(3)4)6-16-8-7(12)5-13-9(11)14-8/h5H,6,12H2,1-4H3. The summed E-state index contributed by atoms with van der Waals surface area (Å²) in [6.45, 7) is 4.59. The van der Waals surface area contributed by atoms with Crippen LogP contribution < -0.4 is 10.5 Å². The Morgan fingerprint density at radius 2 is 2.12 bits per heavy atom. The molecule has 5 nitrogen and oxygen atoms in total. The summed E-state index contributed by atoms with van der Waals surface area (Å²) in [4.78, 5) is 9.74. The Bertz CT molecular complexity index is 368. The second-order valence-corrected chi connectivity index (χ2v) is 4.73. The first-order valence-electron chi connectivity index (χ1n) is 4.91. The third-order valence-corrected chi connectivity index (χ3v) is 2.71. The van der Waals surface area contributed by atoms with Crippen molar-refractivity contribution in [2.75, 3.05) is 26.4 Å². The molecule has 0 fully saturated rings. The lowest BCUT2D eigenvalue weighted by atomic mass is 10.1. The van der Waals surface area contributed by atoms with E-state index >= 15 is 0 Å². The molecule has 1 aromatic rings. The highest BCUT2D eigenvalue weighted by molar-refractivity contribution is 6.28. The van der Waals surface area contributed by atoms with Gasteiger partial charge in [0.15, 0.2) is 0 Å². The van der Waals surface area contributed by atoms with Crippen LogP contribution in [0.5, 0.6) is 5.88 Å². The zero-order chi connectivity index (χ0) is 12.3. The molecule has 0 aliphatic heterocycles. The number of halogens is 1. The summed E-state index contributed by atoms with van der Waals surface area (Å²) >= 11 is 5.66. The number of ether oxygens (including phenoxy) is 1. The SMILES string of the molecule is CN(C)C(C)(C)COc1nc(Cl)ncc1N. The van der Waals surface area contributed by atoms with Crippen LogP contribution in [-0.4, -0.2) is 41.1 Å². The van der Waals surface area contributed by atoms with Crippen molar-refractivity contribution in [3.63, 3.8) is 0 Å². The van der Waals surface area contributed by atoms with E-state index in [4.69, 9.17) is 22.1 Å². The van der Waals surface area contributed by atoms with Crippen molar-refractivity contribution in [1.82, 2.24) is 14.9 Å². The number of hydrogen-bond donors (Lipinski definition) is 1. The summed E-state index contributed by atoms with van der Waals surface area (Å²) in [7, 11) is 3.97. The minimum atomic E-state index is -0.107. The number of nitrogens with zero attached hydrogens (tertiary/aromatic N) is 3. The second kappa shape index (κ2) is 4.84. The summed E-state index contributed by atoms with van der Waals surface area (Å²) < 4.78 is 5.54. The van der Waals surface area contributed by atoms with Crippen LogP contribution in [0.1, 0.15) is 13.8 Å². The van der Waals surface area contributed by atoms with E-state index in [1.807, 2.05) is 14.1 Å². The molecule has 0 radical (unpaired) electrons. The predicted molar refractivity (Wildman–Crippen MR) is 64.7 cm³/mol. The molecular weight excluding hydrogens is 228 g/mol. The molecule has 0 aliphatic rings. The molecule has 0 atom stereocenters. The van der Waals surface area contributed by atoms with Crippen LogP contribution in [0.3, 0.4) is 0 Å². The molecule has 0 saturated heterocycles. The third-order valence-electron chi connectivity index (χ3n) is 2.52. The lowest BCUT2D eigenvalue weighted by Gasteiger charge is -2.31. The highest BCUT2D eigenvalue weighted by Crippen LogP contribution is 2.20. The molecule has 6 heteroatoms. The van der Waals surface area contributed by atoms with Crippen LogP contribution >= 0.6 is 11.6 Å². The van der Waals surface area contributed by atoms with Gasteiger partial charge in [0, 0.05) is 5.54 Å². The number of aromatic nitrogens is 2. The molecule has 90 valence electrons. The Kier molecular flexibility index (Phi) is 3.93. The van der Waals surface area contributed by atoms with E-state index in [1.54, 1.807) is 0 Å². The first kappa shape index (κ1) is 13.0. The van der Waals surface area contributed by atoms with Crippen molar-refractivity contribution in [3.8, 4) is 5.88 Å². The topological polar surface area (TPSA) is 64.3 Å². The monoisotopic (exact) mass is 244 g/mol. The molecule has 0 unspecified atom stereocenters. The maximum absolute atomic E-state index is 5.67. The number of nitrogens with two attached hydrogens (primary N) is 1. The average molecular weight is 245 g/mol. The van der Waals surface area contributed by atoms with E-state index < -0.39 is 0 Å². The fraction of sp³-hybridized carbons (Fsp3) is 0.600. The summed E-state index contributed by atoms with van der Waals surface area (Å²) in [5.41, 5.74) is 5.95. The summed E-state index contributed by atoms with van der Waals surface area (Å²) in [5, 5.41) is 0.131. The van der Waals surface area contributed by atoms with Gasteiger partial charge in [0.1, 0.15) is 12.3 Å². The first-order valence-corrected chi connectivity index (χ1v) is 5.29. The molecule has 0 aliphatic carbocycles. The van der Waals surface area contributed by atoms with Crippen molar-refractivity contribution >= 4 is 17.3 Å². The third kappa shape index (κ3) is 3.21. The molecule has 1 rings (SSSR count). The Morgan fingerprint density at radius 1 is 1.50 bits per heavy atom. The van der Waals surface area contributed by atoms with E-state index in [0.29, 0.717) is 18.2 Å². The second-order valence-electron chi connectivity index (χ2n) is 4.40. The van der Waals surface area contributed by atoms with Crippen molar-refractivity contribution in [3.05, 3.63) is 11.5 Å². The van der Waals surface area contributed by atoms with Crippen LogP contribution in [0.2, 0.25) is 5.28 Å². The fourth-order valence-corrected chi connectivity index (χ4v) is 0.970. The van der Waals surface area contributed by atoms with Gasteiger partial charge in [-0.1, -0.05) is 0 Å². The van der Waals surface area contributed by atoms with Crippen LogP contribution in [0, 0.1) is 0 Å². The number of hydrogen-bond acceptors (Lipinski definition) is 5. The van der Waals surface area contributed by atoms with Gasteiger partial charge in [0.2, 0.25) is 11.2 Å². The Hall–Kier alpha value is -1.07. The lowest BCUT2D eigenvalue weighted by Crippen LogP contribution is -2.43. The Balaban J connectivity index is 2.71. The number of rotatable bonds is 4. The van der Waals surface area contributed by atoms with Crippen LogP contribution in [0.25, 0.3) is 0 Å². The van der Waals surface area contributed by atoms with Gasteiger partial charge >= 0.3 is 0 Å². The largest absolute Gasteiger partial charge is 0.474 e. The molecule has 1 aromatic heterocycles. The molecule has 0 aromatic carbocycles. The minimum absolute atomic E-state index is 0.107. The maximum Gasteiger partial charge on any atom is 0.241 e. The van der Waals surface area contributed by atoms with Gasteiger partial charge in [-0.05, 0) is 39.5 Å². The van der Waals surface area contributed by atoms with E-state index in [1.165, 1.54) is 6.20 Å². The van der Waals surface area contributed by atoms with E-state index in [9.17, 15) is 0 Å². The molecule has 0 bridgehead atoms. The van der Waals surface area contributed by atoms with Crippen molar-refractivity contribution < 1.29 is 4.74 Å². The number of anilines is 1. The zero-order valence-corrected chi connectivity index (χ0v) is 10.7. The maximum atomic E-state index is 5.67. The predicted octanol–water partition coefficient (Wildman–Crippen LogP) is 1.43. The number of likely N-dealkylation sites (N-methyl/N-ethyl adjacent to an activating group) is 1. The molecule has 2 N–H and O–H groups in total. The smallest absolute Gasteiger partial charge is 0.241 e. The minimum Gasteiger partial charge on any atom is -0.474 e. The van der Waals surface area contributed by atoms with Gasteiger partial charge < -0.3 is 15.4 Å².